The van der Waals surface area contributed by atoms with Gasteiger partial charge in [-0.05, 0) is 78.4 Å². The van der Waals surface area contributed by atoms with Crippen molar-refractivity contribution in [3.63, 3.8) is 0 Å². The predicted octanol–water partition coefficient (Wildman–Crippen LogP) is 7.95. The molecule has 3 aliphatic carbocycles. The van der Waals surface area contributed by atoms with E-state index in [9.17, 15) is 19.5 Å². The molecule has 2 amide bonds. The fraction of sp³-hybridized carbons (Fsp3) is 0.200. The van der Waals surface area contributed by atoms with Crippen LogP contribution in [0, 0.1) is 23.7 Å². The van der Waals surface area contributed by atoms with Crippen LogP contribution in [0.5, 0.6) is 5.75 Å². The molecule has 0 bridgehead atoms. The van der Waals surface area contributed by atoms with Crippen molar-refractivity contribution in [1.82, 2.24) is 0 Å². The van der Waals surface area contributed by atoms with Crippen molar-refractivity contribution in [2.24, 2.45) is 23.7 Å². The monoisotopic (exact) mass is 761 g/mol. The number of hydrogen-bond acceptors (Lipinski definition) is 5. The molecular formula is C40H29Br2NO5. The van der Waals surface area contributed by atoms with Crippen LogP contribution in [0.2, 0.25) is 0 Å². The van der Waals surface area contributed by atoms with Crippen molar-refractivity contribution in [2.45, 2.75) is 24.2 Å². The van der Waals surface area contributed by atoms with Gasteiger partial charge < -0.3 is 5.11 Å². The number of fused-ring (bicyclic) bond motifs is 4. The summed E-state index contributed by atoms with van der Waals surface area (Å²) < 4.78 is 1.53. The van der Waals surface area contributed by atoms with Crippen molar-refractivity contribution in [2.75, 3.05) is 4.90 Å². The lowest BCUT2D eigenvalue weighted by atomic mass is 9.44. The van der Waals surface area contributed by atoms with Gasteiger partial charge in [-0.1, -0.05) is 104 Å². The van der Waals surface area contributed by atoms with Crippen LogP contribution in [0.25, 0.3) is 5.57 Å². The van der Waals surface area contributed by atoms with Gasteiger partial charge in [-0.25, -0.2) is 0 Å². The van der Waals surface area contributed by atoms with Crippen molar-refractivity contribution >= 4 is 66.5 Å². The summed E-state index contributed by atoms with van der Waals surface area (Å²) in [5.74, 6) is -4.49. The van der Waals surface area contributed by atoms with Crippen LogP contribution in [0.4, 0.5) is 5.69 Å². The van der Waals surface area contributed by atoms with Gasteiger partial charge in [-0.3, -0.25) is 24.1 Å². The zero-order valence-corrected chi connectivity index (χ0v) is 28.7. The predicted molar refractivity (Wildman–Crippen MR) is 189 cm³/mol. The van der Waals surface area contributed by atoms with Gasteiger partial charge in [0.2, 0.25) is 11.8 Å². The molecule has 0 spiro atoms. The van der Waals surface area contributed by atoms with E-state index in [2.05, 4.69) is 31.9 Å². The number of ketones is 2. The van der Waals surface area contributed by atoms with Crippen LogP contribution in [0.15, 0.2) is 130 Å². The number of phenolic OH excluding ortho intramolecular Hbond substituents is 1. The maximum atomic E-state index is 15.1. The molecule has 0 unspecified atom stereocenters. The molecule has 0 aromatic heterocycles. The Hall–Kier alpha value is -4.40. The van der Waals surface area contributed by atoms with Crippen molar-refractivity contribution < 1.29 is 24.3 Å². The largest absolute Gasteiger partial charge is 0.508 e. The first-order valence-corrected chi connectivity index (χ1v) is 17.5. The van der Waals surface area contributed by atoms with E-state index in [-0.39, 0.29) is 35.6 Å². The lowest BCUT2D eigenvalue weighted by Crippen LogP contribution is -2.58. The fourth-order valence-electron chi connectivity index (χ4n) is 8.82. The highest BCUT2D eigenvalue weighted by atomic mass is 79.9. The number of phenols is 1. The van der Waals surface area contributed by atoms with Crippen LogP contribution in [-0.2, 0) is 24.6 Å². The molecule has 0 radical (unpaired) electrons. The third kappa shape index (κ3) is 4.49. The van der Waals surface area contributed by atoms with Gasteiger partial charge >= 0.3 is 0 Å². The maximum absolute atomic E-state index is 15.1. The van der Waals surface area contributed by atoms with E-state index in [1.165, 1.54) is 11.0 Å². The quantitative estimate of drug-likeness (QED) is 0.168. The van der Waals surface area contributed by atoms with Crippen LogP contribution >= 0.6 is 31.9 Å². The molecular weight excluding hydrogens is 734 g/mol. The van der Waals surface area contributed by atoms with E-state index < -0.39 is 35.0 Å². The molecule has 6 atom stereocenters. The number of amides is 2. The third-order valence-corrected chi connectivity index (χ3v) is 11.8. The molecule has 2 fully saturated rings. The molecule has 8 rings (SSSR count). The summed E-state index contributed by atoms with van der Waals surface area (Å²) in [6.07, 6.45) is 3.99. The van der Waals surface area contributed by atoms with Crippen LogP contribution in [0.1, 0.15) is 35.4 Å². The molecule has 1 heterocycles. The lowest BCUT2D eigenvalue weighted by Gasteiger charge is -2.55. The van der Waals surface area contributed by atoms with Crippen molar-refractivity contribution in [1.29, 1.82) is 0 Å². The number of halogens is 2. The Labute approximate surface area is 294 Å². The van der Waals surface area contributed by atoms with E-state index in [0.717, 1.165) is 10.0 Å². The Bertz CT molecular complexity index is 2070. The Morgan fingerprint density at radius 1 is 0.750 bits per heavy atom. The van der Waals surface area contributed by atoms with Gasteiger partial charge in [0, 0.05) is 31.9 Å². The first kappa shape index (κ1) is 30.9. The number of aromatic hydroxyl groups is 1. The topological polar surface area (TPSA) is 91.8 Å². The molecule has 1 saturated heterocycles. The summed E-state index contributed by atoms with van der Waals surface area (Å²) in [6.45, 7) is 0. The Morgan fingerprint density at radius 2 is 1.42 bits per heavy atom. The second-order valence-electron chi connectivity index (χ2n) is 13.0. The van der Waals surface area contributed by atoms with E-state index in [0.29, 0.717) is 38.8 Å². The summed E-state index contributed by atoms with van der Waals surface area (Å²) in [7, 11) is 0. The minimum atomic E-state index is -1.40. The minimum absolute atomic E-state index is 0.00988. The molecule has 6 nitrogen and oxygen atoms in total. The maximum Gasteiger partial charge on any atom is 0.238 e. The third-order valence-electron chi connectivity index (χ3n) is 10.8. The molecule has 8 heteroatoms. The minimum Gasteiger partial charge on any atom is -0.508 e. The van der Waals surface area contributed by atoms with Crippen LogP contribution in [-0.4, -0.2) is 28.5 Å². The Balaban J connectivity index is 1.37. The number of imide groups is 1. The molecule has 48 heavy (non-hydrogen) atoms. The lowest BCUT2D eigenvalue weighted by molar-refractivity contribution is -0.135. The number of carbonyl (C=O) groups is 4. The van der Waals surface area contributed by atoms with Crippen LogP contribution < -0.4 is 4.90 Å². The average molecular weight is 763 g/mol. The van der Waals surface area contributed by atoms with Gasteiger partial charge in [0.25, 0.3) is 0 Å². The Morgan fingerprint density at radius 3 is 2.12 bits per heavy atom. The number of Topliss-reactive ketones (excluding diaryl/α,β-unsaturated/α-hetero) is 1. The fourth-order valence-corrected chi connectivity index (χ4v) is 9.46. The number of anilines is 1. The standard InChI is InChI=1S/C40H29Br2NO5/c41-24-11-14-26(15-12-24)43-38(47)28-17-16-27-30(35(28)39(43)48)20-32-37(46)29(22-7-3-1-4-8-22)21-34(45)40(32,23-9-5-2-6-10-23)36(27)31-19-25(42)13-18-33(31)44/h1-16,18-19,21,28,30,32,35-36,44H,17,20H2/t28-,30+,32-,35-,36+,40-/m0/s1. The second-order valence-corrected chi connectivity index (χ2v) is 14.8. The molecule has 1 saturated carbocycles. The molecule has 4 aliphatic rings. The van der Waals surface area contributed by atoms with E-state index in [1.807, 2.05) is 66.7 Å². The average Bonchev–Trinajstić information content (AvgIpc) is 3.36. The summed E-state index contributed by atoms with van der Waals surface area (Å²) in [4.78, 5) is 59.7. The number of carbonyl (C=O) groups excluding carboxylic acids is 4. The smallest absolute Gasteiger partial charge is 0.238 e. The van der Waals surface area contributed by atoms with E-state index >= 15 is 4.79 Å². The van der Waals surface area contributed by atoms with E-state index in [4.69, 9.17) is 0 Å². The summed E-state index contributed by atoms with van der Waals surface area (Å²) in [5, 5.41) is 11.5. The first-order chi connectivity index (χ1) is 23.2. The SMILES string of the molecule is O=C1C(c2ccccc2)=CC(=O)[C@@]2(c3ccccc3)[C@@H](c3cc(Br)ccc3O)C3=CC[C@@H]4C(=O)N(c5ccc(Br)cc5)C(=O)[C@@H]4[C@@H]3C[C@@H]12. The zero-order valence-electron chi connectivity index (χ0n) is 25.6. The van der Waals surface area contributed by atoms with Gasteiger partial charge in [-0.2, -0.15) is 0 Å². The van der Waals surface area contributed by atoms with Crippen molar-refractivity contribution in [3.8, 4) is 5.75 Å². The molecule has 1 aliphatic heterocycles. The van der Waals surface area contributed by atoms with Gasteiger partial charge in [0.05, 0.1) is 22.9 Å². The summed E-state index contributed by atoms with van der Waals surface area (Å²) >= 11 is 7.01. The van der Waals surface area contributed by atoms with Gasteiger partial charge in [0.1, 0.15) is 5.75 Å². The highest BCUT2D eigenvalue weighted by molar-refractivity contribution is 9.10. The molecule has 1 N–H and O–H groups in total. The number of rotatable bonds is 4. The van der Waals surface area contributed by atoms with Crippen LogP contribution in [0.3, 0.4) is 0 Å². The number of hydrogen-bond donors (Lipinski definition) is 1. The normalized spacial score (nSPS) is 28.0. The van der Waals surface area contributed by atoms with Gasteiger partial charge in [0.15, 0.2) is 11.6 Å². The highest BCUT2D eigenvalue weighted by Gasteiger charge is 2.66. The molecule has 4 aromatic carbocycles. The second kappa shape index (κ2) is 11.6. The zero-order chi connectivity index (χ0) is 33.3. The van der Waals surface area contributed by atoms with Crippen molar-refractivity contribution in [3.05, 3.63) is 146 Å². The van der Waals surface area contributed by atoms with E-state index in [1.54, 1.807) is 42.5 Å². The first-order valence-electron chi connectivity index (χ1n) is 15.9. The van der Waals surface area contributed by atoms with Gasteiger partial charge in [-0.15, -0.1) is 0 Å². The highest BCUT2D eigenvalue weighted by Crippen LogP contribution is 2.64. The Kier molecular flexibility index (Phi) is 7.49. The molecule has 238 valence electrons. The summed E-state index contributed by atoms with van der Waals surface area (Å²) in [6, 6.07) is 30.7. The number of benzene rings is 4. The molecule has 4 aromatic rings. The summed E-state index contributed by atoms with van der Waals surface area (Å²) in [5.41, 5.74) is 2.05. The number of allylic oxidation sites excluding steroid dienone is 4. The number of nitrogens with zero attached hydrogens (tertiary/aromatic N) is 1.